The highest BCUT2D eigenvalue weighted by molar-refractivity contribution is 5.98. The summed E-state index contributed by atoms with van der Waals surface area (Å²) in [4.78, 5) is 11.7. The van der Waals surface area contributed by atoms with Gasteiger partial charge in [-0.05, 0) is 19.1 Å². The number of hydrogen-bond donors (Lipinski definition) is 0. The van der Waals surface area contributed by atoms with E-state index in [-0.39, 0.29) is 5.78 Å². The van der Waals surface area contributed by atoms with E-state index in [4.69, 9.17) is 9.26 Å². The second-order valence-corrected chi connectivity index (χ2v) is 3.99. The first-order valence-corrected chi connectivity index (χ1v) is 5.88. The van der Waals surface area contributed by atoms with Crippen LogP contribution in [0.5, 0.6) is 5.75 Å². The normalized spacial score (nSPS) is 10.3. The third kappa shape index (κ3) is 2.77. The number of benzene rings is 1. The van der Waals surface area contributed by atoms with Crippen LogP contribution in [0, 0.1) is 6.92 Å². The minimum atomic E-state index is 0.0712. The summed E-state index contributed by atoms with van der Waals surface area (Å²) in [5.41, 5.74) is 1.33. The van der Waals surface area contributed by atoms with Gasteiger partial charge in [0.1, 0.15) is 23.8 Å². The van der Waals surface area contributed by atoms with E-state index in [1.807, 2.05) is 32.0 Å². The Labute approximate surface area is 106 Å². The minimum Gasteiger partial charge on any atom is -0.486 e. The summed E-state index contributed by atoms with van der Waals surface area (Å²) < 4.78 is 10.6. The smallest absolute Gasteiger partial charge is 0.166 e. The second kappa shape index (κ2) is 5.49. The van der Waals surface area contributed by atoms with E-state index in [9.17, 15) is 4.79 Å². The van der Waals surface area contributed by atoms with E-state index >= 15 is 0 Å². The molecule has 0 radical (unpaired) electrons. The predicted octanol–water partition coefficient (Wildman–Crippen LogP) is 3.15. The van der Waals surface area contributed by atoms with Crippen molar-refractivity contribution in [3.05, 3.63) is 47.3 Å². The Morgan fingerprint density at radius 2 is 2.17 bits per heavy atom. The van der Waals surface area contributed by atoms with Crippen molar-refractivity contribution in [2.24, 2.45) is 0 Å². The van der Waals surface area contributed by atoms with Crippen LogP contribution in [0.25, 0.3) is 0 Å². The van der Waals surface area contributed by atoms with E-state index in [1.165, 1.54) is 0 Å². The van der Waals surface area contributed by atoms with Crippen LogP contribution >= 0.6 is 0 Å². The maximum atomic E-state index is 11.7. The highest BCUT2D eigenvalue weighted by Gasteiger charge is 2.10. The number of Topliss-reactive ketones (excluding diaryl/α,β-unsaturated/α-hetero) is 1. The molecule has 0 aliphatic rings. The zero-order valence-corrected chi connectivity index (χ0v) is 10.5. The van der Waals surface area contributed by atoms with Crippen molar-refractivity contribution in [3.8, 4) is 5.75 Å². The summed E-state index contributed by atoms with van der Waals surface area (Å²) in [5, 5.41) is 3.84. The lowest BCUT2D eigenvalue weighted by molar-refractivity contribution is 0.0983. The lowest BCUT2D eigenvalue weighted by atomic mass is 10.1. The van der Waals surface area contributed by atoms with Crippen LogP contribution in [-0.2, 0) is 6.61 Å². The molecule has 18 heavy (non-hydrogen) atoms. The van der Waals surface area contributed by atoms with Crippen molar-refractivity contribution in [2.45, 2.75) is 26.9 Å². The third-order valence-electron chi connectivity index (χ3n) is 2.56. The molecule has 0 aliphatic heterocycles. The summed E-state index contributed by atoms with van der Waals surface area (Å²) in [6.45, 7) is 3.95. The fourth-order valence-electron chi connectivity index (χ4n) is 1.65. The van der Waals surface area contributed by atoms with Crippen molar-refractivity contribution in [3.63, 3.8) is 0 Å². The zero-order valence-electron chi connectivity index (χ0n) is 10.5. The molecule has 2 rings (SSSR count). The van der Waals surface area contributed by atoms with Gasteiger partial charge in [0.25, 0.3) is 0 Å². The van der Waals surface area contributed by atoms with Gasteiger partial charge in [-0.2, -0.15) is 0 Å². The molecule has 94 valence electrons. The number of carbonyl (C=O) groups is 1. The van der Waals surface area contributed by atoms with Crippen molar-refractivity contribution in [2.75, 3.05) is 0 Å². The van der Waals surface area contributed by atoms with Gasteiger partial charge in [0, 0.05) is 12.5 Å². The maximum Gasteiger partial charge on any atom is 0.166 e. The molecule has 2 aromatic rings. The summed E-state index contributed by atoms with van der Waals surface area (Å²) in [7, 11) is 0. The number of ether oxygens (including phenoxy) is 1. The van der Waals surface area contributed by atoms with Crippen LogP contribution < -0.4 is 4.74 Å². The third-order valence-corrected chi connectivity index (χ3v) is 2.56. The number of para-hydroxylation sites is 1. The Morgan fingerprint density at radius 1 is 1.39 bits per heavy atom. The van der Waals surface area contributed by atoms with Crippen LogP contribution in [0.3, 0.4) is 0 Å². The Balaban J connectivity index is 2.11. The number of hydrogen-bond acceptors (Lipinski definition) is 4. The summed E-state index contributed by atoms with van der Waals surface area (Å²) in [6, 6.07) is 9.04. The first-order chi connectivity index (χ1) is 8.70. The van der Waals surface area contributed by atoms with Crippen LogP contribution in [0.15, 0.2) is 34.9 Å². The number of nitrogens with zero attached hydrogens (tertiary/aromatic N) is 1. The minimum absolute atomic E-state index is 0.0712. The molecule has 0 aliphatic carbocycles. The molecule has 0 unspecified atom stereocenters. The van der Waals surface area contributed by atoms with Crippen LogP contribution in [0.2, 0.25) is 0 Å². The maximum absolute atomic E-state index is 11.7. The molecule has 0 N–H and O–H groups in total. The predicted molar refractivity (Wildman–Crippen MR) is 66.6 cm³/mol. The van der Waals surface area contributed by atoms with E-state index in [1.54, 1.807) is 12.1 Å². The molecule has 1 aromatic heterocycles. The molecule has 1 heterocycles. The molecule has 4 heteroatoms. The first kappa shape index (κ1) is 12.4. The SMILES string of the molecule is CCC(=O)c1ccccc1OCc1cc(C)on1. The number of aromatic nitrogens is 1. The Morgan fingerprint density at radius 3 is 2.83 bits per heavy atom. The molecule has 0 fully saturated rings. The van der Waals surface area contributed by atoms with Gasteiger partial charge in [0.2, 0.25) is 0 Å². The second-order valence-electron chi connectivity index (χ2n) is 3.99. The Bertz CT molecular complexity index is 545. The lowest BCUT2D eigenvalue weighted by Gasteiger charge is -2.08. The van der Waals surface area contributed by atoms with Gasteiger partial charge in [-0.1, -0.05) is 24.2 Å². The standard InChI is InChI=1S/C14H15NO3/c1-3-13(16)12-6-4-5-7-14(12)17-9-11-8-10(2)18-15-11/h4-8H,3,9H2,1-2H3. The molecular formula is C14H15NO3. The van der Waals surface area contributed by atoms with Gasteiger partial charge in [-0.3, -0.25) is 4.79 Å². The van der Waals surface area contributed by atoms with Crippen LogP contribution in [0.1, 0.15) is 35.2 Å². The number of rotatable bonds is 5. The Hall–Kier alpha value is -2.10. The van der Waals surface area contributed by atoms with Crippen molar-refractivity contribution in [1.82, 2.24) is 5.16 Å². The lowest BCUT2D eigenvalue weighted by Crippen LogP contribution is -2.03. The molecule has 0 atom stereocenters. The van der Waals surface area contributed by atoms with Crippen molar-refractivity contribution >= 4 is 5.78 Å². The summed E-state index contributed by atoms with van der Waals surface area (Å²) in [5.74, 6) is 1.40. The number of carbonyl (C=O) groups excluding carboxylic acids is 1. The van der Waals surface area contributed by atoms with E-state index in [0.29, 0.717) is 30.0 Å². The fourth-order valence-corrected chi connectivity index (χ4v) is 1.65. The monoisotopic (exact) mass is 245 g/mol. The van der Waals surface area contributed by atoms with Crippen LogP contribution in [-0.4, -0.2) is 10.9 Å². The van der Waals surface area contributed by atoms with Gasteiger partial charge >= 0.3 is 0 Å². The van der Waals surface area contributed by atoms with Crippen molar-refractivity contribution < 1.29 is 14.1 Å². The molecule has 1 aromatic carbocycles. The van der Waals surface area contributed by atoms with Crippen molar-refractivity contribution in [1.29, 1.82) is 0 Å². The zero-order chi connectivity index (χ0) is 13.0. The average molecular weight is 245 g/mol. The largest absolute Gasteiger partial charge is 0.486 e. The summed E-state index contributed by atoms with van der Waals surface area (Å²) in [6.07, 6.45) is 0.462. The van der Waals surface area contributed by atoms with E-state index in [0.717, 1.165) is 5.76 Å². The van der Waals surface area contributed by atoms with E-state index in [2.05, 4.69) is 5.16 Å². The van der Waals surface area contributed by atoms with Gasteiger partial charge in [-0.25, -0.2) is 0 Å². The fraction of sp³-hybridized carbons (Fsp3) is 0.286. The van der Waals surface area contributed by atoms with Crippen LogP contribution in [0.4, 0.5) is 0 Å². The molecular weight excluding hydrogens is 230 g/mol. The molecule has 0 spiro atoms. The topological polar surface area (TPSA) is 52.3 Å². The Kier molecular flexibility index (Phi) is 3.77. The average Bonchev–Trinajstić information content (AvgIpc) is 2.81. The number of ketones is 1. The molecule has 0 bridgehead atoms. The molecule has 0 saturated carbocycles. The highest BCUT2D eigenvalue weighted by atomic mass is 16.5. The van der Waals surface area contributed by atoms with Gasteiger partial charge in [0.05, 0.1) is 5.56 Å². The first-order valence-electron chi connectivity index (χ1n) is 5.88. The van der Waals surface area contributed by atoms with E-state index < -0.39 is 0 Å². The summed E-state index contributed by atoms with van der Waals surface area (Å²) >= 11 is 0. The highest BCUT2D eigenvalue weighted by Crippen LogP contribution is 2.20. The number of aryl methyl sites for hydroxylation is 1. The van der Waals surface area contributed by atoms with Gasteiger partial charge in [-0.15, -0.1) is 0 Å². The molecule has 0 amide bonds. The molecule has 4 nitrogen and oxygen atoms in total. The van der Waals surface area contributed by atoms with Gasteiger partial charge < -0.3 is 9.26 Å². The quantitative estimate of drug-likeness (QED) is 0.759. The molecule has 0 saturated heterocycles. The van der Waals surface area contributed by atoms with Gasteiger partial charge in [0.15, 0.2) is 5.78 Å².